The normalized spacial score (nSPS) is 16.6. The summed E-state index contributed by atoms with van der Waals surface area (Å²) in [7, 11) is 0. The van der Waals surface area contributed by atoms with Crippen LogP contribution >= 0.6 is 0 Å². The lowest BCUT2D eigenvalue weighted by Gasteiger charge is -2.31. The Morgan fingerprint density at radius 1 is 1.13 bits per heavy atom. The molecule has 0 aliphatic carbocycles. The van der Waals surface area contributed by atoms with E-state index in [0.717, 1.165) is 56.1 Å². The Morgan fingerprint density at radius 3 is 2.52 bits per heavy atom. The summed E-state index contributed by atoms with van der Waals surface area (Å²) < 4.78 is 1.61. The highest BCUT2D eigenvalue weighted by atomic mass is 16.1. The Hall–Kier alpha value is -2.08. The van der Waals surface area contributed by atoms with Crippen LogP contribution in [0.15, 0.2) is 29.3 Å². The van der Waals surface area contributed by atoms with Crippen LogP contribution in [0.4, 0.5) is 0 Å². The maximum atomic E-state index is 11.9. The number of nitrogens with zero attached hydrogens (tertiary/aromatic N) is 5. The third kappa shape index (κ3) is 4.22. The van der Waals surface area contributed by atoms with Crippen LogP contribution in [-0.4, -0.2) is 37.7 Å². The van der Waals surface area contributed by atoms with Gasteiger partial charge >= 0.3 is 0 Å². The Bertz CT molecular complexity index is 702. The van der Waals surface area contributed by atoms with Crippen LogP contribution in [0.1, 0.15) is 29.9 Å². The molecule has 3 heterocycles. The number of hydrogen-bond acceptors (Lipinski definition) is 5. The van der Waals surface area contributed by atoms with Gasteiger partial charge in [0.1, 0.15) is 5.82 Å². The SMILES string of the molecule is Cc1ccc(=O)n(CC2CCN(Cc3cnc(C)nc3)CC2)n1. The van der Waals surface area contributed by atoms with Crippen LogP contribution in [0, 0.1) is 19.8 Å². The molecule has 0 bridgehead atoms. The number of aryl methyl sites for hydroxylation is 2. The van der Waals surface area contributed by atoms with E-state index in [9.17, 15) is 4.79 Å². The van der Waals surface area contributed by atoms with Crippen LogP contribution in [0.25, 0.3) is 0 Å². The second kappa shape index (κ2) is 7.00. The molecule has 1 saturated heterocycles. The summed E-state index contributed by atoms with van der Waals surface area (Å²) in [5.74, 6) is 1.33. The van der Waals surface area contributed by atoms with Gasteiger partial charge in [0.15, 0.2) is 0 Å². The van der Waals surface area contributed by atoms with Crippen LogP contribution in [-0.2, 0) is 13.1 Å². The maximum Gasteiger partial charge on any atom is 0.266 e. The summed E-state index contributed by atoms with van der Waals surface area (Å²) in [4.78, 5) is 22.8. The molecule has 1 fully saturated rings. The van der Waals surface area contributed by atoms with E-state index >= 15 is 0 Å². The molecule has 0 amide bonds. The summed E-state index contributed by atoms with van der Waals surface area (Å²) >= 11 is 0. The van der Waals surface area contributed by atoms with E-state index in [1.54, 1.807) is 16.8 Å². The first-order valence-electron chi connectivity index (χ1n) is 8.15. The van der Waals surface area contributed by atoms with Gasteiger partial charge in [-0.2, -0.15) is 5.10 Å². The Morgan fingerprint density at radius 2 is 1.83 bits per heavy atom. The number of rotatable bonds is 4. The minimum absolute atomic E-state index is 0.00478. The van der Waals surface area contributed by atoms with Gasteiger partial charge in [-0.3, -0.25) is 9.69 Å². The van der Waals surface area contributed by atoms with Gasteiger partial charge < -0.3 is 0 Å². The molecule has 3 rings (SSSR count). The molecule has 6 heteroatoms. The van der Waals surface area contributed by atoms with Gasteiger partial charge in [0.25, 0.3) is 5.56 Å². The van der Waals surface area contributed by atoms with Gasteiger partial charge in [-0.15, -0.1) is 0 Å². The molecule has 1 aliphatic heterocycles. The molecular formula is C17H23N5O. The van der Waals surface area contributed by atoms with E-state index < -0.39 is 0 Å². The highest BCUT2D eigenvalue weighted by molar-refractivity contribution is 5.04. The van der Waals surface area contributed by atoms with Gasteiger partial charge in [0, 0.05) is 37.1 Å². The van der Waals surface area contributed by atoms with E-state index in [-0.39, 0.29) is 5.56 Å². The highest BCUT2D eigenvalue weighted by Gasteiger charge is 2.20. The van der Waals surface area contributed by atoms with Crippen molar-refractivity contribution in [2.45, 2.75) is 39.8 Å². The summed E-state index contributed by atoms with van der Waals surface area (Å²) in [6.07, 6.45) is 6.00. The van der Waals surface area contributed by atoms with E-state index in [1.807, 2.05) is 26.2 Å². The van der Waals surface area contributed by atoms with Gasteiger partial charge in [-0.1, -0.05) is 0 Å². The molecule has 0 saturated carbocycles. The van der Waals surface area contributed by atoms with Gasteiger partial charge in [0.2, 0.25) is 0 Å². The molecule has 0 aromatic carbocycles. The minimum atomic E-state index is -0.00478. The summed E-state index contributed by atoms with van der Waals surface area (Å²) in [5.41, 5.74) is 2.04. The number of aromatic nitrogens is 4. The largest absolute Gasteiger partial charge is 0.299 e. The quantitative estimate of drug-likeness (QED) is 0.857. The second-order valence-electron chi connectivity index (χ2n) is 6.35. The lowest BCUT2D eigenvalue weighted by Crippen LogP contribution is -2.36. The van der Waals surface area contributed by atoms with Crippen molar-refractivity contribution in [3.05, 3.63) is 52.0 Å². The second-order valence-corrected chi connectivity index (χ2v) is 6.35. The predicted octanol–water partition coefficient (Wildman–Crippen LogP) is 1.56. The van der Waals surface area contributed by atoms with Crippen molar-refractivity contribution in [3.8, 4) is 0 Å². The summed E-state index contributed by atoms with van der Waals surface area (Å²) in [5, 5.41) is 4.34. The smallest absolute Gasteiger partial charge is 0.266 e. The molecule has 23 heavy (non-hydrogen) atoms. The molecule has 0 N–H and O–H groups in total. The fourth-order valence-corrected chi connectivity index (χ4v) is 3.01. The van der Waals surface area contributed by atoms with Crippen molar-refractivity contribution in [2.75, 3.05) is 13.1 Å². The molecule has 0 spiro atoms. The molecule has 2 aromatic heterocycles. The average Bonchev–Trinajstić information content (AvgIpc) is 2.55. The zero-order valence-corrected chi connectivity index (χ0v) is 13.8. The molecule has 2 aromatic rings. The zero-order chi connectivity index (χ0) is 16.2. The van der Waals surface area contributed by atoms with Gasteiger partial charge in [0.05, 0.1) is 5.69 Å². The molecular weight excluding hydrogens is 290 g/mol. The van der Waals surface area contributed by atoms with Crippen LogP contribution in [0.5, 0.6) is 0 Å². The van der Waals surface area contributed by atoms with E-state index in [2.05, 4.69) is 20.0 Å². The fourth-order valence-electron chi connectivity index (χ4n) is 3.01. The maximum absolute atomic E-state index is 11.9. The van der Waals surface area contributed by atoms with Crippen molar-refractivity contribution in [1.29, 1.82) is 0 Å². The zero-order valence-electron chi connectivity index (χ0n) is 13.8. The van der Waals surface area contributed by atoms with E-state index in [4.69, 9.17) is 0 Å². The first-order chi connectivity index (χ1) is 11.1. The fraction of sp³-hybridized carbons (Fsp3) is 0.529. The van der Waals surface area contributed by atoms with Crippen molar-refractivity contribution in [3.63, 3.8) is 0 Å². The number of piperidine rings is 1. The first-order valence-corrected chi connectivity index (χ1v) is 8.15. The Kier molecular flexibility index (Phi) is 4.81. The third-order valence-electron chi connectivity index (χ3n) is 4.38. The van der Waals surface area contributed by atoms with Crippen LogP contribution in [0.3, 0.4) is 0 Å². The Labute approximate surface area is 136 Å². The highest BCUT2D eigenvalue weighted by Crippen LogP contribution is 2.19. The van der Waals surface area contributed by atoms with Gasteiger partial charge in [-0.05, 0) is 51.8 Å². The van der Waals surface area contributed by atoms with Crippen molar-refractivity contribution < 1.29 is 0 Å². The van der Waals surface area contributed by atoms with Crippen LogP contribution in [0.2, 0.25) is 0 Å². The predicted molar refractivity (Wildman–Crippen MR) is 88.0 cm³/mol. The molecule has 1 aliphatic rings. The topological polar surface area (TPSA) is 63.9 Å². The first kappa shape index (κ1) is 15.8. The lowest BCUT2D eigenvalue weighted by molar-refractivity contribution is 0.163. The van der Waals surface area contributed by atoms with Crippen LogP contribution < -0.4 is 5.56 Å². The molecule has 6 nitrogen and oxygen atoms in total. The number of hydrogen-bond donors (Lipinski definition) is 0. The van der Waals surface area contributed by atoms with Crippen molar-refractivity contribution in [1.82, 2.24) is 24.6 Å². The average molecular weight is 313 g/mol. The number of likely N-dealkylation sites (tertiary alicyclic amines) is 1. The van der Waals surface area contributed by atoms with E-state index in [1.165, 1.54) is 0 Å². The molecule has 0 radical (unpaired) electrons. The standard InChI is InChI=1S/C17H23N5O/c1-13-3-4-17(23)22(20-13)12-15-5-7-21(8-6-15)11-16-9-18-14(2)19-10-16/h3-4,9-10,15H,5-8,11-12H2,1-2H3. The molecule has 122 valence electrons. The van der Waals surface area contributed by atoms with E-state index in [0.29, 0.717) is 5.92 Å². The monoisotopic (exact) mass is 313 g/mol. The Balaban J connectivity index is 1.53. The van der Waals surface area contributed by atoms with Crippen molar-refractivity contribution >= 4 is 0 Å². The molecule has 0 atom stereocenters. The summed E-state index contributed by atoms with van der Waals surface area (Å²) in [6, 6.07) is 3.37. The molecule has 0 unspecified atom stereocenters. The van der Waals surface area contributed by atoms with Gasteiger partial charge in [-0.25, -0.2) is 14.6 Å². The lowest BCUT2D eigenvalue weighted by atomic mass is 9.96. The minimum Gasteiger partial charge on any atom is -0.299 e. The van der Waals surface area contributed by atoms with Crippen molar-refractivity contribution in [2.24, 2.45) is 5.92 Å². The third-order valence-corrected chi connectivity index (χ3v) is 4.38. The summed E-state index contributed by atoms with van der Waals surface area (Å²) in [6.45, 7) is 7.52.